The molecule has 2 N–H and O–H groups in total. The van der Waals surface area contributed by atoms with E-state index in [0.717, 1.165) is 65.5 Å². The van der Waals surface area contributed by atoms with E-state index in [1.165, 1.54) is 0 Å². The summed E-state index contributed by atoms with van der Waals surface area (Å²) >= 11 is 0. The van der Waals surface area contributed by atoms with Gasteiger partial charge >= 0.3 is 0 Å². The minimum Gasteiger partial charge on any atom is -0.358 e. The van der Waals surface area contributed by atoms with Crippen LogP contribution in [-0.4, -0.2) is 59.8 Å². The molecule has 0 saturated carbocycles. The second-order valence-corrected chi connectivity index (χ2v) is 8.87. The molecule has 2 aliphatic rings. The summed E-state index contributed by atoms with van der Waals surface area (Å²) in [6.07, 6.45) is 1.89. The van der Waals surface area contributed by atoms with E-state index < -0.39 is 0 Å². The molecule has 6 heteroatoms. The van der Waals surface area contributed by atoms with Crippen LogP contribution in [0.4, 0.5) is 5.69 Å². The number of carbonyl (C=O) groups excluding carboxylic acids is 2. The number of hydrogen-bond acceptors (Lipinski definition) is 3. The molecule has 2 amide bonds. The van der Waals surface area contributed by atoms with Crippen molar-refractivity contribution in [3.63, 3.8) is 0 Å². The summed E-state index contributed by atoms with van der Waals surface area (Å²) in [5.41, 5.74) is 7.59. The van der Waals surface area contributed by atoms with E-state index in [9.17, 15) is 9.59 Å². The predicted octanol–water partition coefficient (Wildman–Crippen LogP) is 4.18. The highest BCUT2D eigenvalue weighted by atomic mass is 16.2. The minimum absolute atomic E-state index is 0.0558. The van der Waals surface area contributed by atoms with Crippen molar-refractivity contribution in [2.75, 3.05) is 38.5 Å². The zero-order valence-electron chi connectivity index (χ0n) is 19.2. The number of benzene rings is 2. The Kier molecular flexibility index (Phi) is 5.38. The summed E-state index contributed by atoms with van der Waals surface area (Å²) < 4.78 is 0. The number of carbonyl (C=O) groups is 2. The monoisotopic (exact) mass is 440 g/mol. The smallest absolute Gasteiger partial charge is 0.256 e. The zero-order valence-corrected chi connectivity index (χ0v) is 19.2. The second kappa shape index (κ2) is 8.37. The molecular weight excluding hydrogens is 412 g/mol. The van der Waals surface area contributed by atoms with Crippen molar-refractivity contribution >= 4 is 29.2 Å². The number of fused-ring (bicyclic) bond motifs is 1. The lowest BCUT2D eigenvalue weighted by Crippen LogP contribution is -2.47. The highest BCUT2D eigenvalue weighted by molar-refractivity contribution is 6.36. The third-order valence-electron chi connectivity index (χ3n) is 6.68. The van der Waals surface area contributed by atoms with E-state index in [0.29, 0.717) is 11.1 Å². The van der Waals surface area contributed by atoms with Crippen LogP contribution < -0.4 is 5.32 Å². The maximum atomic E-state index is 13.3. The topological polar surface area (TPSA) is 68.4 Å². The normalized spacial score (nSPS) is 17.4. The van der Waals surface area contributed by atoms with Crippen molar-refractivity contribution in [3.8, 4) is 11.1 Å². The molecule has 0 bridgehead atoms. The largest absolute Gasteiger partial charge is 0.358 e. The molecule has 0 radical (unpaired) electrons. The van der Waals surface area contributed by atoms with Crippen molar-refractivity contribution in [1.82, 2.24) is 14.8 Å². The van der Waals surface area contributed by atoms with E-state index in [1.807, 2.05) is 73.4 Å². The molecular formula is C27H28N4O2. The highest BCUT2D eigenvalue weighted by Gasteiger charge is 2.29. The number of hydrogen-bond donors (Lipinski definition) is 2. The van der Waals surface area contributed by atoms with Gasteiger partial charge in [-0.25, -0.2) is 0 Å². The molecule has 168 valence electrons. The average molecular weight is 441 g/mol. The van der Waals surface area contributed by atoms with Crippen LogP contribution in [-0.2, 0) is 4.79 Å². The lowest BCUT2D eigenvalue weighted by molar-refractivity contribution is -0.110. The number of anilines is 1. The van der Waals surface area contributed by atoms with Crippen LogP contribution in [0.1, 0.15) is 32.9 Å². The van der Waals surface area contributed by atoms with Gasteiger partial charge in [-0.05, 0) is 49.7 Å². The first kappa shape index (κ1) is 21.2. The number of likely N-dealkylation sites (N-methyl/N-ethyl adjacent to an activating group) is 1. The fourth-order valence-electron chi connectivity index (χ4n) is 4.80. The van der Waals surface area contributed by atoms with Crippen molar-refractivity contribution in [2.45, 2.75) is 13.8 Å². The number of piperazine rings is 1. The van der Waals surface area contributed by atoms with Crippen molar-refractivity contribution in [3.05, 3.63) is 76.6 Å². The first-order valence-corrected chi connectivity index (χ1v) is 11.3. The van der Waals surface area contributed by atoms with E-state index in [1.54, 1.807) is 0 Å². The van der Waals surface area contributed by atoms with Gasteiger partial charge in [-0.1, -0.05) is 42.5 Å². The summed E-state index contributed by atoms with van der Waals surface area (Å²) in [4.78, 5) is 33.8. The van der Waals surface area contributed by atoms with E-state index in [2.05, 4.69) is 22.2 Å². The van der Waals surface area contributed by atoms with Gasteiger partial charge in [0.25, 0.3) is 11.8 Å². The Morgan fingerprint density at radius 3 is 2.42 bits per heavy atom. The van der Waals surface area contributed by atoms with Crippen LogP contribution in [0, 0.1) is 13.8 Å². The standard InChI is InChI=1S/C27H28N4O2/c1-17-23(28-18(2)24(17)27(33)31-14-12-30(3)13-15-31)16-21-25-20(19-8-5-4-6-9-19)10-7-11-22(25)29-26(21)32/h4-11,16,28H,12-15H2,1-3H3,(H,29,32). The quantitative estimate of drug-likeness (QED) is 0.601. The Labute approximate surface area is 193 Å². The molecule has 3 aromatic rings. The molecule has 0 unspecified atom stereocenters. The summed E-state index contributed by atoms with van der Waals surface area (Å²) in [6.45, 7) is 7.10. The van der Waals surface area contributed by atoms with Crippen LogP contribution in [0.25, 0.3) is 22.8 Å². The summed E-state index contributed by atoms with van der Waals surface area (Å²) in [5, 5.41) is 3.00. The first-order valence-electron chi connectivity index (χ1n) is 11.3. The van der Waals surface area contributed by atoms with Crippen molar-refractivity contribution < 1.29 is 9.59 Å². The van der Waals surface area contributed by atoms with Crippen LogP contribution in [0.5, 0.6) is 0 Å². The van der Waals surface area contributed by atoms with Gasteiger partial charge in [-0.3, -0.25) is 9.59 Å². The Morgan fingerprint density at radius 2 is 1.70 bits per heavy atom. The van der Waals surface area contributed by atoms with Crippen LogP contribution >= 0.6 is 0 Å². The average Bonchev–Trinajstić information content (AvgIpc) is 3.29. The molecule has 1 saturated heterocycles. The molecule has 6 nitrogen and oxygen atoms in total. The third-order valence-corrected chi connectivity index (χ3v) is 6.68. The number of H-pyrrole nitrogens is 1. The number of aryl methyl sites for hydroxylation is 1. The molecule has 1 aromatic heterocycles. The Balaban J connectivity index is 1.55. The van der Waals surface area contributed by atoms with Gasteiger partial charge < -0.3 is 20.1 Å². The van der Waals surface area contributed by atoms with Gasteiger partial charge in [0.1, 0.15) is 0 Å². The lowest BCUT2D eigenvalue weighted by atomic mass is 9.94. The number of rotatable bonds is 3. The van der Waals surface area contributed by atoms with Crippen LogP contribution in [0.15, 0.2) is 48.5 Å². The predicted molar refractivity (Wildman–Crippen MR) is 132 cm³/mol. The number of amides is 2. The second-order valence-electron chi connectivity index (χ2n) is 8.87. The molecule has 33 heavy (non-hydrogen) atoms. The number of nitrogens with one attached hydrogen (secondary N) is 2. The van der Waals surface area contributed by atoms with Crippen LogP contribution in [0.2, 0.25) is 0 Å². The van der Waals surface area contributed by atoms with E-state index in [4.69, 9.17) is 0 Å². The highest BCUT2D eigenvalue weighted by Crippen LogP contribution is 2.40. The molecule has 0 atom stereocenters. The Bertz CT molecular complexity index is 1260. The summed E-state index contributed by atoms with van der Waals surface area (Å²) in [5.74, 6) is -0.0766. The van der Waals surface area contributed by atoms with Crippen LogP contribution in [0.3, 0.4) is 0 Å². The summed E-state index contributed by atoms with van der Waals surface area (Å²) in [7, 11) is 2.08. The van der Waals surface area contributed by atoms with Gasteiger partial charge in [0.05, 0.1) is 11.1 Å². The maximum Gasteiger partial charge on any atom is 0.256 e. The number of aromatic amines is 1. The fraction of sp³-hybridized carbons (Fsp3) is 0.259. The third kappa shape index (κ3) is 3.76. The Hall–Kier alpha value is -3.64. The lowest BCUT2D eigenvalue weighted by Gasteiger charge is -2.32. The number of aromatic nitrogens is 1. The Morgan fingerprint density at radius 1 is 0.970 bits per heavy atom. The van der Waals surface area contributed by atoms with Gasteiger partial charge in [0.2, 0.25) is 0 Å². The fourth-order valence-corrected chi connectivity index (χ4v) is 4.80. The summed E-state index contributed by atoms with van der Waals surface area (Å²) in [6, 6.07) is 16.0. The van der Waals surface area contributed by atoms with Gasteiger partial charge in [0.15, 0.2) is 0 Å². The van der Waals surface area contributed by atoms with Gasteiger partial charge in [0, 0.05) is 48.8 Å². The van der Waals surface area contributed by atoms with Crippen molar-refractivity contribution in [2.24, 2.45) is 0 Å². The molecule has 0 aliphatic carbocycles. The number of nitrogens with zero attached hydrogens (tertiary/aromatic N) is 2. The zero-order chi connectivity index (χ0) is 23.1. The minimum atomic E-state index is -0.132. The van der Waals surface area contributed by atoms with Crippen molar-refractivity contribution in [1.29, 1.82) is 0 Å². The van der Waals surface area contributed by atoms with Gasteiger partial charge in [-0.2, -0.15) is 0 Å². The first-order chi connectivity index (χ1) is 15.9. The van der Waals surface area contributed by atoms with E-state index in [-0.39, 0.29) is 11.8 Å². The molecule has 3 heterocycles. The molecule has 2 aliphatic heterocycles. The van der Waals surface area contributed by atoms with E-state index >= 15 is 0 Å². The molecule has 0 spiro atoms. The maximum absolute atomic E-state index is 13.3. The molecule has 1 fully saturated rings. The molecule has 2 aromatic carbocycles. The molecule has 5 rings (SSSR count). The van der Waals surface area contributed by atoms with Gasteiger partial charge in [-0.15, -0.1) is 0 Å². The SMILES string of the molecule is Cc1[nH]c(C=C2C(=O)Nc3cccc(-c4ccccc4)c32)c(C)c1C(=O)N1CCN(C)CC1.